The van der Waals surface area contributed by atoms with Crippen LogP contribution in [0.5, 0.6) is 11.5 Å². The van der Waals surface area contributed by atoms with E-state index in [9.17, 15) is 10.2 Å². The molecule has 2 atom stereocenters. The van der Waals surface area contributed by atoms with Gasteiger partial charge in [0.1, 0.15) is 11.5 Å². The van der Waals surface area contributed by atoms with Gasteiger partial charge < -0.3 is 10.2 Å². The van der Waals surface area contributed by atoms with Crippen LogP contribution in [-0.2, 0) is 0 Å². The van der Waals surface area contributed by atoms with Gasteiger partial charge in [0, 0.05) is 17.2 Å². The Labute approximate surface area is 150 Å². The molecule has 1 aromatic carbocycles. The van der Waals surface area contributed by atoms with Crippen molar-refractivity contribution >= 4 is 11.8 Å². The Bertz CT molecular complexity index is 649. The topological polar surface area (TPSA) is 40.5 Å². The Morgan fingerprint density at radius 3 is 2.42 bits per heavy atom. The van der Waals surface area contributed by atoms with E-state index in [-0.39, 0.29) is 23.3 Å². The van der Waals surface area contributed by atoms with E-state index in [0.29, 0.717) is 5.56 Å². The van der Waals surface area contributed by atoms with Crippen molar-refractivity contribution in [3.63, 3.8) is 0 Å². The Balaban J connectivity index is 2.28. The van der Waals surface area contributed by atoms with Crippen LogP contribution in [0.2, 0.25) is 0 Å². The molecule has 0 spiro atoms. The van der Waals surface area contributed by atoms with E-state index in [1.807, 2.05) is 13.8 Å². The average Bonchev–Trinajstić information content (AvgIpc) is 2.45. The summed E-state index contributed by atoms with van der Waals surface area (Å²) in [6.45, 7) is 14.3. The fraction of sp³-hybridized carbons (Fsp3) is 0.429. The summed E-state index contributed by atoms with van der Waals surface area (Å²) in [7, 11) is 0. The maximum Gasteiger partial charge on any atom is 0.123 e. The predicted octanol–water partition coefficient (Wildman–Crippen LogP) is 6.06. The zero-order valence-electron chi connectivity index (χ0n) is 14.9. The smallest absolute Gasteiger partial charge is 0.123 e. The van der Waals surface area contributed by atoms with Gasteiger partial charge in [-0.1, -0.05) is 30.4 Å². The lowest BCUT2D eigenvalue weighted by molar-refractivity contribution is 0.404. The second kappa shape index (κ2) is 7.98. The van der Waals surface area contributed by atoms with Gasteiger partial charge in [-0.25, -0.2) is 0 Å². The van der Waals surface area contributed by atoms with Crippen molar-refractivity contribution in [3.05, 3.63) is 58.5 Å². The summed E-state index contributed by atoms with van der Waals surface area (Å²) >= 11 is 1.76. The number of phenolic OH excluding ortho intramolecular Hbond substituents is 2. The fourth-order valence-electron chi connectivity index (χ4n) is 3.45. The minimum atomic E-state index is -0.0123. The molecule has 0 radical (unpaired) electrons. The van der Waals surface area contributed by atoms with E-state index >= 15 is 0 Å². The van der Waals surface area contributed by atoms with Gasteiger partial charge in [-0.05, 0) is 68.6 Å². The molecule has 3 heteroatoms. The van der Waals surface area contributed by atoms with Gasteiger partial charge in [0.2, 0.25) is 0 Å². The van der Waals surface area contributed by atoms with Gasteiger partial charge in [0.25, 0.3) is 0 Å². The lowest BCUT2D eigenvalue weighted by atomic mass is 9.73. The van der Waals surface area contributed by atoms with Gasteiger partial charge in [-0.2, -0.15) is 0 Å². The third-order valence-electron chi connectivity index (χ3n) is 4.66. The number of rotatable bonds is 6. The first-order valence-corrected chi connectivity index (χ1v) is 9.44. The molecule has 1 aliphatic carbocycles. The van der Waals surface area contributed by atoms with Crippen LogP contribution in [0.1, 0.15) is 50.2 Å². The highest BCUT2D eigenvalue weighted by atomic mass is 32.2. The van der Waals surface area contributed by atoms with Crippen molar-refractivity contribution in [1.82, 2.24) is 0 Å². The molecule has 2 rings (SSSR count). The third-order valence-corrected chi connectivity index (χ3v) is 5.56. The summed E-state index contributed by atoms with van der Waals surface area (Å²) in [5.41, 5.74) is 3.99. The molecule has 2 N–H and O–H groups in total. The minimum Gasteiger partial charge on any atom is -0.507 e. The van der Waals surface area contributed by atoms with E-state index in [1.54, 1.807) is 23.9 Å². The number of aromatic hydroxyl groups is 2. The first-order chi connectivity index (χ1) is 11.3. The van der Waals surface area contributed by atoms with Crippen LogP contribution in [0.4, 0.5) is 0 Å². The number of hydrogen-bond donors (Lipinski definition) is 2. The molecule has 0 bridgehead atoms. The molecule has 0 amide bonds. The largest absolute Gasteiger partial charge is 0.507 e. The molecule has 2 nitrogen and oxygen atoms in total. The zero-order chi connectivity index (χ0) is 17.9. The van der Waals surface area contributed by atoms with Crippen molar-refractivity contribution in [3.8, 4) is 11.5 Å². The summed E-state index contributed by atoms with van der Waals surface area (Å²) in [5, 5.41) is 20.8. The maximum atomic E-state index is 10.4. The molecule has 0 aliphatic heterocycles. The second-order valence-corrected chi connectivity index (χ2v) is 8.25. The molecular weight excluding hydrogens is 316 g/mol. The zero-order valence-corrected chi connectivity index (χ0v) is 15.7. The van der Waals surface area contributed by atoms with E-state index in [4.69, 9.17) is 0 Å². The fourth-order valence-corrected chi connectivity index (χ4v) is 4.17. The molecule has 0 aromatic heterocycles. The summed E-state index contributed by atoms with van der Waals surface area (Å²) in [6, 6.07) is 3.45. The Morgan fingerprint density at radius 2 is 1.83 bits per heavy atom. The predicted molar refractivity (Wildman–Crippen MR) is 105 cm³/mol. The third kappa shape index (κ3) is 4.47. The second-order valence-electron chi connectivity index (χ2n) is 6.86. The summed E-state index contributed by atoms with van der Waals surface area (Å²) in [6.07, 6.45) is 5.17. The number of thioether (sulfide) groups is 1. The lowest BCUT2D eigenvalue weighted by Crippen LogP contribution is -2.18. The van der Waals surface area contributed by atoms with Gasteiger partial charge in [0.15, 0.2) is 0 Å². The van der Waals surface area contributed by atoms with Crippen LogP contribution >= 0.6 is 11.8 Å². The number of aryl methyl sites for hydroxylation is 1. The molecule has 0 fully saturated rings. The number of benzene rings is 1. The molecule has 24 heavy (non-hydrogen) atoms. The van der Waals surface area contributed by atoms with Crippen molar-refractivity contribution in [2.24, 2.45) is 5.92 Å². The molecule has 0 unspecified atom stereocenters. The van der Waals surface area contributed by atoms with E-state index in [0.717, 1.165) is 35.5 Å². The highest BCUT2D eigenvalue weighted by Gasteiger charge is 2.30. The lowest BCUT2D eigenvalue weighted by Gasteiger charge is -2.32. The van der Waals surface area contributed by atoms with Gasteiger partial charge in [-0.15, -0.1) is 11.8 Å². The van der Waals surface area contributed by atoms with Crippen molar-refractivity contribution in [1.29, 1.82) is 0 Å². The Kier molecular flexibility index (Phi) is 6.22. The molecular formula is C21H28O2S. The number of phenols is 2. The van der Waals surface area contributed by atoms with Crippen LogP contribution in [-0.4, -0.2) is 16.0 Å². The van der Waals surface area contributed by atoms with Crippen LogP contribution in [0.15, 0.2) is 47.4 Å². The highest BCUT2D eigenvalue weighted by molar-refractivity contribution is 8.03. The molecule has 0 heterocycles. The summed E-state index contributed by atoms with van der Waals surface area (Å²) < 4.78 is 0. The van der Waals surface area contributed by atoms with Gasteiger partial charge >= 0.3 is 0 Å². The molecule has 0 saturated carbocycles. The normalized spacial score (nSPS) is 20.5. The first-order valence-electron chi connectivity index (χ1n) is 8.45. The van der Waals surface area contributed by atoms with Crippen LogP contribution in [0.25, 0.3) is 0 Å². The summed E-state index contributed by atoms with van der Waals surface area (Å²) in [5.74, 6) is 1.57. The van der Waals surface area contributed by atoms with E-state index in [1.165, 1.54) is 11.1 Å². The van der Waals surface area contributed by atoms with Crippen molar-refractivity contribution < 1.29 is 10.2 Å². The molecule has 130 valence electrons. The number of hydrogen-bond acceptors (Lipinski definition) is 3. The maximum absolute atomic E-state index is 10.4. The van der Waals surface area contributed by atoms with Crippen LogP contribution in [0, 0.1) is 12.8 Å². The van der Waals surface area contributed by atoms with E-state index in [2.05, 4.69) is 26.2 Å². The van der Waals surface area contributed by atoms with E-state index < -0.39 is 0 Å². The first kappa shape index (κ1) is 18.7. The Hall–Kier alpha value is -1.61. The monoisotopic (exact) mass is 344 g/mol. The minimum absolute atomic E-state index is 0.0123. The standard InChI is InChI=1S/C21H28O2S/c1-13(2)24-9-8-16(5)17-7-6-14(3)10-18(17)21-19(22)11-15(4)12-20(21)23/h10-12,17-18,22-23H,1,5-9H2,2-4H3/t17-,18+/m1/s1. The average molecular weight is 345 g/mol. The summed E-state index contributed by atoms with van der Waals surface area (Å²) in [4.78, 5) is 1.12. The SMILES string of the molecule is C=C(C)SCCC(=C)[C@H]1CCC(C)=C[C@@H]1c1c(O)cc(C)cc1O. The van der Waals surface area contributed by atoms with Crippen molar-refractivity contribution in [2.45, 2.75) is 46.0 Å². The Morgan fingerprint density at radius 1 is 1.21 bits per heavy atom. The molecule has 1 aromatic rings. The van der Waals surface area contributed by atoms with Crippen molar-refractivity contribution in [2.75, 3.05) is 5.75 Å². The quantitative estimate of drug-likeness (QED) is 0.616. The molecule has 1 aliphatic rings. The van der Waals surface area contributed by atoms with Crippen LogP contribution < -0.4 is 0 Å². The number of allylic oxidation sites excluding steroid dienone is 4. The molecule has 0 saturated heterocycles. The van der Waals surface area contributed by atoms with Crippen LogP contribution in [0.3, 0.4) is 0 Å². The highest BCUT2D eigenvalue weighted by Crippen LogP contribution is 2.47. The van der Waals surface area contributed by atoms with Gasteiger partial charge in [0.05, 0.1) is 0 Å². The van der Waals surface area contributed by atoms with Gasteiger partial charge in [-0.3, -0.25) is 0 Å².